The number of pyridine rings is 1. The Hall–Kier alpha value is -1.65. The summed E-state index contributed by atoms with van der Waals surface area (Å²) in [5.41, 5.74) is 8.61. The average Bonchev–Trinajstić information content (AvgIpc) is 2.40. The van der Waals surface area contributed by atoms with Gasteiger partial charge in [0.1, 0.15) is 11.6 Å². The van der Waals surface area contributed by atoms with Gasteiger partial charge in [-0.1, -0.05) is 24.6 Å². The van der Waals surface area contributed by atoms with E-state index in [1.165, 1.54) is 12.1 Å². The van der Waals surface area contributed by atoms with E-state index in [1.54, 1.807) is 12.3 Å². The van der Waals surface area contributed by atoms with Crippen molar-refractivity contribution in [2.45, 2.75) is 19.9 Å². The number of aromatic nitrogens is 1. The van der Waals surface area contributed by atoms with E-state index in [0.29, 0.717) is 10.8 Å². The van der Waals surface area contributed by atoms with Crippen LogP contribution in [0.3, 0.4) is 0 Å². The molecule has 0 saturated heterocycles. The zero-order chi connectivity index (χ0) is 14.7. The van der Waals surface area contributed by atoms with Crippen molar-refractivity contribution < 1.29 is 4.39 Å². The van der Waals surface area contributed by atoms with Crippen LogP contribution in [0.5, 0.6) is 0 Å². The number of anilines is 1. The number of benzene rings is 1. The van der Waals surface area contributed by atoms with Gasteiger partial charge in [-0.25, -0.2) is 9.37 Å². The Morgan fingerprint density at radius 1 is 1.35 bits per heavy atom. The molecule has 5 heteroatoms. The maximum Gasteiger partial charge on any atom is 0.128 e. The summed E-state index contributed by atoms with van der Waals surface area (Å²) in [6.45, 7) is 4.67. The summed E-state index contributed by atoms with van der Waals surface area (Å²) >= 11 is 6.16. The van der Waals surface area contributed by atoms with E-state index in [2.05, 4.69) is 10.3 Å². The number of hydrogen-bond donors (Lipinski definition) is 2. The third-order valence-electron chi connectivity index (χ3n) is 3.08. The van der Waals surface area contributed by atoms with Crippen molar-refractivity contribution in [2.24, 2.45) is 0 Å². The molecule has 0 amide bonds. The monoisotopic (exact) mass is 293 g/mol. The summed E-state index contributed by atoms with van der Waals surface area (Å²) in [5, 5.41) is 3.69. The van der Waals surface area contributed by atoms with E-state index in [1.807, 2.05) is 19.9 Å². The second-order valence-corrected chi connectivity index (χ2v) is 5.05. The van der Waals surface area contributed by atoms with Gasteiger partial charge in [-0.2, -0.15) is 0 Å². The summed E-state index contributed by atoms with van der Waals surface area (Å²) in [5.74, 6) is 0.0891. The van der Waals surface area contributed by atoms with Crippen molar-refractivity contribution in [3.05, 3.63) is 58.0 Å². The second kappa shape index (κ2) is 6.20. The highest BCUT2D eigenvalue weighted by Gasteiger charge is 2.19. The van der Waals surface area contributed by atoms with Crippen LogP contribution in [0.2, 0.25) is 5.02 Å². The Labute approximate surface area is 123 Å². The van der Waals surface area contributed by atoms with Crippen molar-refractivity contribution in [1.29, 1.82) is 0 Å². The molecule has 2 aromatic rings. The number of rotatable bonds is 4. The molecule has 0 bridgehead atoms. The van der Waals surface area contributed by atoms with Crippen molar-refractivity contribution in [2.75, 3.05) is 12.3 Å². The number of nitrogens with two attached hydrogens (primary N) is 1. The Morgan fingerprint density at radius 3 is 2.75 bits per heavy atom. The van der Waals surface area contributed by atoms with Crippen LogP contribution >= 0.6 is 11.6 Å². The maximum absolute atomic E-state index is 13.2. The molecule has 0 fully saturated rings. The number of aryl methyl sites for hydroxylation is 1. The van der Waals surface area contributed by atoms with Gasteiger partial charge in [-0.15, -0.1) is 0 Å². The molecule has 3 N–H and O–H groups in total. The van der Waals surface area contributed by atoms with Crippen LogP contribution in [0.15, 0.2) is 30.5 Å². The largest absolute Gasteiger partial charge is 0.383 e. The number of halogens is 2. The van der Waals surface area contributed by atoms with Gasteiger partial charge in [0.15, 0.2) is 0 Å². The van der Waals surface area contributed by atoms with Crippen LogP contribution in [0.25, 0.3) is 0 Å². The SMILES string of the molecule is CCNC(c1ccc(F)cc1Cl)c1cc(C)cnc1N. The average molecular weight is 294 g/mol. The van der Waals surface area contributed by atoms with Crippen molar-refractivity contribution in [3.63, 3.8) is 0 Å². The van der Waals surface area contributed by atoms with Gasteiger partial charge < -0.3 is 11.1 Å². The number of hydrogen-bond acceptors (Lipinski definition) is 3. The number of nitrogens with one attached hydrogen (secondary N) is 1. The standard InChI is InChI=1S/C15H17ClFN3/c1-3-19-14(11-5-4-10(17)7-13(11)16)12-6-9(2)8-20-15(12)18/h4-8,14,19H,3H2,1-2H3,(H2,18,20). The highest BCUT2D eigenvalue weighted by atomic mass is 35.5. The minimum atomic E-state index is -0.357. The van der Waals surface area contributed by atoms with Crippen molar-refractivity contribution in [1.82, 2.24) is 10.3 Å². The smallest absolute Gasteiger partial charge is 0.128 e. The second-order valence-electron chi connectivity index (χ2n) is 4.64. The lowest BCUT2D eigenvalue weighted by atomic mass is 9.98. The first-order chi connectivity index (χ1) is 9.52. The van der Waals surface area contributed by atoms with Gasteiger partial charge in [0, 0.05) is 16.8 Å². The quantitative estimate of drug-likeness (QED) is 0.907. The molecule has 106 valence electrons. The van der Waals surface area contributed by atoms with Gasteiger partial charge >= 0.3 is 0 Å². The van der Waals surface area contributed by atoms with E-state index in [0.717, 1.165) is 23.2 Å². The Kier molecular flexibility index (Phi) is 4.57. The first-order valence-corrected chi connectivity index (χ1v) is 6.81. The van der Waals surface area contributed by atoms with Crippen LogP contribution in [0.4, 0.5) is 10.2 Å². The van der Waals surface area contributed by atoms with Crippen LogP contribution in [0.1, 0.15) is 29.7 Å². The lowest BCUT2D eigenvalue weighted by Crippen LogP contribution is -2.23. The molecule has 2 rings (SSSR count). The van der Waals surface area contributed by atoms with Gasteiger partial charge in [0.25, 0.3) is 0 Å². The van der Waals surface area contributed by atoms with E-state index < -0.39 is 0 Å². The molecule has 0 aliphatic heterocycles. The summed E-state index contributed by atoms with van der Waals surface area (Å²) in [6.07, 6.45) is 1.72. The summed E-state index contributed by atoms with van der Waals surface area (Å²) < 4.78 is 13.2. The molecule has 1 aromatic carbocycles. The minimum Gasteiger partial charge on any atom is -0.383 e. The summed E-state index contributed by atoms with van der Waals surface area (Å²) in [7, 11) is 0. The Morgan fingerprint density at radius 2 is 2.10 bits per heavy atom. The maximum atomic E-state index is 13.2. The van der Waals surface area contributed by atoms with Crippen LogP contribution < -0.4 is 11.1 Å². The van der Waals surface area contributed by atoms with E-state index in [-0.39, 0.29) is 11.9 Å². The Balaban J connectivity index is 2.53. The molecule has 0 radical (unpaired) electrons. The molecule has 3 nitrogen and oxygen atoms in total. The first-order valence-electron chi connectivity index (χ1n) is 6.43. The molecule has 1 atom stereocenters. The molecule has 0 spiro atoms. The van der Waals surface area contributed by atoms with Gasteiger partial charge in [-0.3, -0.25) is 0 Å². The van der Waals surface area contributed by atoms with Crippen LogP contribution in [0, 0.1) is 12.7 Å². The zero-order valence-electron chi connectivity index (χ0n) is 11.5. The fourth-order valence-corrected chi connectivity index (χ4v) is 2.44. The molecule has 0 aliphatic rings. The number of nitrogens with zero attached hydrogens (tertiary/aromatic N) is 1. The molecule has 20 heavy (non-hydrogen) atoms. The third-order valence-corrected chi connectivity index (χ3v) is 3.41. The molecule has 1 heterocycles. The number of nitrogen functional groups attached to an aromatic ring is 1. The lowest BCUT2D eigenvalue weighted by molar-refractivity contribution is 0.613. The molecule has 0 saturated carbocycles. The molecular weight excluding hydrogens is 277 g/mol. The Bertz CT molecular complexity index is 616. The normalized spacial score (nSPS) is 12.4. The fraction of sp³-hybridized carbons (Fsp3) is 0.267. The topological polar surface area (TPSA) is 50.9 Å². The van der Waals surface area contributed by atoms with E-state index in [9.17, 15) is 4.39 Å². The summed E-state index contributed by atoms with van der Waals surface area (Å²) in [6, 6.07) is 6.13. The lowest BCUT2D eigenvalue weighted by Gasteiger charge is -2.21. The van der Waals surface area contributed by atoms with Gasteiger partial charge in [0.05, 0.1) is 6.04 Å². The molecule has 1 aromatic heterocycles. The molecular formula is C15H17ClFN3. The highest BCUT2D eigenvalue weighted by molar-refractivity contribution is 6.31. The van der Waals surface area contributed by atoms with Crippen LogP contribution in [-0.4, -0.2) is 11.5 Å². The zero-order valence-corrected chi connectivity index (χ0v) is 12.2. The van der Waals surface area contributed by atoms with E-state index in [4.69, 9.17) is 17.3 Å². The first kappa shape index (κ1) is 14.8. The van der Waals surface area contributed by atoms with Gasteiger partial charge in [0.2, 0.25) is 0 Å². The van der Waals surface area contributed by atoms with Crippen molar-refractivity contribution >= 4 is 17.4 Å². The third kappa shape index (κ3) is 3.08. The van der Waals surface area contributed by atoms with Crippen molar-refractivity contribution in [3.8, 4) is 0 Å². The van der Waals surface area contributed by atoms with Crippen LogP contribution in [-0.2, 0) is 0 Å². The van der Waals surface area contributed by atoms with Gasteiger partial charge in [-0.05, 0) is 42.8 Å². The van der Waals surface area contributed by atoms with E-state index >= 15 is 0 Å². The predicted molar refractivity (Wildman–Crippen MR) is 80.3 cm³/mol. The predicted octanol–water partition coefficient (Wildman–Crippen LogP) is 3.46. The molecule has 1 unspecified atom stereocenters. The summed E-state index contributed by atoms with van der Waals surface area (Å²) in [4.78, 5) is 4.18. The molecule has 0 aliphatic carbocycles. The highest BCUT2D eigenvalue weighted by Crippen LogP contribution is 2.31. The minimum absolute atomic E-state index is 0.208. The fourth-order valence-electron chi connectivity index (χ4n) is 2.16.